The molecule has 2 atom stereocenters. The monoisotopic (exact) mass is 496 g/mol. The van der Waals surface area contributed by atoms with Crippen LogP contribution in [0.4, 0.5) is 0 Å². The highest BCUT2D eigenvalue weighted by Gasteiger charge is 2.39. The van der Waals surface area contributed by atoms with Crippen molar-refractivity contribution in [3.05, 3.63) is 77.9 Å². The SMILES string of the molecule is CC(C)COC(=O)[C@](C)([Si])NP(=O)(Cc1ccc2ccc(C(=O)O)cc2c1)Oc1ccccc1. The maximum absolute atomic E-state index is 14.1. The lowest BCUT2D eigenvalue weighted by molar-refractivity contribution is -0.148. The van der Waals surface area contributed by atoms with Crippen LogP contribution in [0.2, 0.25) is 0 Å². The third-order valence-electron chi connectivity index (χ3n) is 4.89. The maximum Gasteiger partial charge on any atom is 0.335 e. The van der Waals surface area contributed by atoms with Crippen LogP contribution in [0, 0.1) is 5.92 Å². The number of carbonyl (C=O) groups excluding carboxylic acids is 1. The molecule has 0 heterocycles. The lowest BCUT2D eigenvalue weighted by Crippen LogP contribution is -2.50. The van der Waals surface area contributed by atoms with Gasteiger partial charge in [-0.3, -0.25) is 9.36 Å². The van der Waals surface area contributed by atoms with Gasteiger partial charge in [-0.25, -0.2) is 9.88 Å². The van der Waals surface area contributed by atoms with E-state index in [2.05, 4.69) is 15.3 Å². The van der Waals surface area contributed by atoms with Gasteiger partial charge in [-0.15, -0.1) is 0 Å². The summed E-state index contributed by atoms with van der Waals surface area (Å²) in [5.74, 6) is -1.11. The quantitative estimate of drug-likeness (QED) is 0.232. The Bertz CT molecular complexity index is 1230. The average molecular weight is 497 g/mol. The van der Waals surface area contributed by atoms with Crippen LogP contribution in [0.5, 0.6) is 5.75 Å². The maximum atomic E-state index is 14.1. The second kappa shape index (κ2) is 10.6. The zero-order chi connectivity index (χ0) is 24.9. The van der Waals surface area contributed by atoms with Crippen molar-refractivity contribution in [1.82, 2.24) is 5.09 Å². The van der Waals surface area contributed by atoms with Crippen molar-refractivity contribution < 1.29 is 28.5 Å². The standard InChI is InChI=1S/C25H27NO6PSi/c1-17(2)15-31-24(29)25(3,34)26-33(30,32-22-7-5-4-6-8-22)16-18-9-10-19-11-12-20(23(27)28)14-21(19)13-18/h4-14,17H,15-16H2,1-3H3,(H,26,30)(H,27,28)/t25-,33?/m0/s1. The average Bonchev–Trinajstić information content (AvgIpc) is 2.76. The van der Waals surface area contributed by atoms with Crippen molar-refractivity contribution in [2.45, 2.75) is 32.1 Å². The van der Waals surface area contributed by atoms with E-state index in [1.807, 2.05) is 26.0 Å². The van der Waals surface area contributed by atoms with Gasteiger partial charge in [0.15, 0.2) is 0 Å². The van der Waals surface area contributed by atoms with Crippen LogP contribution in [0.25, 0.3) is 10.8 Å². The number of nitrogens with one attached hydrogen (secondary N) is 1. The Morgan fingerprint density at radius 1 is 1.06 bits per heavy atom. The van der Waals surface area contributed by atoms with Crippen molar-refractivity contribution in [2.75, 3.05) is 6.61 Å². The second-order valence-corrected chi connectivity index (χ2v) is 11.7. The molecule has 0 aliphatic rings. The summed E-state index contributed by atoms with van der Waals surface area (Å²) in [6.07, 6.45) is -0.0489. The summed E-state index contributed by atoms with van der Waals surface area (Å²) >= 11 is 0. The molecule has 3 radical (unpaired) electrons. The van der Waals surface area contributed by atoms with E-state index in [0.29, 0.717) is 16.7 Å². The summed E-state index contributed by atoms with van der Waals surface area (Å²) in [7, 11) is -0.325. The molecule has 0 aliphatic heterocycles. The number of carboxylic acids is 1. The molecule has 2 N–H and O–H groups in total. The molecule has 34 heavy (non-hydrogen) atoms. The molecular weight excluding hydrogens is 469 g/mol. The first-order chi connectivity index (χ1) is 16.0. The van der Waals surface area contributed by atoms with E-state index in [9.17, 15) is 19.3 Å². The third kappa shape index (κ3) is 6.79. The van der Waals surface area contributed by atoms with Crippen LogP contribution in [-0.2, 0) is 20.3 Å². The molecule has 9 heteroatoms. The Morgan fingerprint density at radius 3 is 2.38 bits per heavy atom. The van der Waals surface area contributed by atoms with E-state index in [1.54, 1.807) is 48.5 Å². The molecule has 0 aliphatic carbocycles. The molecule has 1 unspecified atom stereocenters. The zero-order valence-corrected chi connectivity index (χ0v) is 21.2. The van der Waals surface area contributed by atoms with Crippen LogP contribution in [-0.4, -0.2) is 39.1 Å². The fourth-order valence-corrected chi connectivity index (χ4v) is 5.97. The van der Waals surface area contributed by atoms with Gasteiger partial charge in [-0.05, 0) is 53.4 Å². The normalized spacial score (nSPS) is 14.9. The van der Waals surface area contributed by atoms with Gasteiger partial charge < -0.3 is 14.4 Å². The Labute approximate surface area is 202 Å². The first-order valence-electron chi connectivity index (χ1n) is 10.8. The highest BCUT2D eigenvalue weighted by atomic mass is 31.2. The molecule has 7 nitrogen and oxygen atoms in total. The summed E-state index contributed by atoms with van der Waals surface area (Å²) in [5.41, 5.74) is 0.812. The molecule has 0 bridgehead atoms. The molecule has 3 aromatic rings. The Kier molecular flexibility index (Phi) is 7.97. The number of carboxylic acid groups (broad SMARTS) is 1. The number of rotatable bonds is 10. The van der Waals surface area contributed by atoms with Gasteiger partial charge in [0.05, 0.1) is 28.6 Å². The smallest absolute Gasteiger partial charge is 0.335 e. The van der Waals surface area contributed by atoms with Gasteiger partial charge in [0.1, 0.15) is 10.9 Å². The lowest BCUT2D eigenvalue weighted by Gasteiger charge is -2.30. The fraction of sp³-hybridized carbons (Fsp3) is 0.280. The van der Waals surface area contributed by atoms with Gasteiger partial charge in [-0.1, -0.05) is 56.3 Å². The van der Waals surface area contributed by atoms with Crippen molar-refractivity contribution >= 4 is 40.5 Å². The van der Waals surface area contributed by atoms with Crippen molar-refractivity contribution in [1.29, 1.82) is 0 Å². The largest absolute Gasteiger partial charge is 0.478 e. The molecule has 3 aromatic carbocycles. The number of hydrogen-bond acceptors (Lipinski definition) is 5. The number of benzene rings is 3. The van der Waals surface area contributed by atoms with Crippen LogP contribution < -0.4 is 9.61 Å². The Balaban J connectivity index is 1.93. The van der Waals surface area contributed by atoms with Gasteiger partial charge in [0.25, 0.3) is 0 Å². The molecule has 0 amide bonds. The summed E-state index contributed by atoms with van der Waals surface area (Å²) in [6, 6.07) is 18.9. The summed E-state index contributed by atoms with van der Waals surface area (Å²) in [6.45, 7) is 5.59. The minimum absolute atomic E-state index is 0.0489. The predicted molar refractivity (Wildman–Crippen MR) is 132 cm³/mol. The van der Waals surface area contributed by atoms with Crippen LogP contribution >= 0.6 is 7.52 Å². The van der Waals surface area contributed by atoms with E-state index in [1.165, 1.54) is 13.0 Å². The van der Waals surface area contributed by atoms with Crippen molar-refractivity contribution in [3.63, 3.8) is 0 Å². The van der Waals surface area contributed by atoms with Gasteiger partial charge >= 0.3 is 19.5 Å². The molecule has 0 fully saturated rings. The molecule has 0 saturated heterocycles. The number of para-hydroxylation sites is 1. The number of aromatic carboxylic acids is 1. The minimum Gasteiger partial charge on any atom is -0.478 e. The van der Waals surface area contributed by atoms with E-state index in [4.69, 9.17) is 9.26 Å². The van der Waals surface area contributed by atoms with Crippen LogP contribution in [0.3, 0.4) is 0 Å². The number of hydrogen-bond donors (Lipinski definition) is 2. The summed E-state index contributed by atoms with van der Waals surface area (Å²) in [5, 5.41) is 12.2. The lowest BCUT2D eigenvalue weighted by atomic mass is 10.0. The van der Waals surface area contributed by atoms with Gasteiger partial charge in [0.2, 0.25) is 0 Å². The first kappa shape index (κ1) is 25.7. The predicted octanol–water partition coefficient (Wildman–Crippen LogP) is 4.98. The highest BCUT2D eigenvalue weighted by molar-refractivity contribution is 7.56. The molecule has 0 spiro atoms. The topological polar surface area (TPSA) is 102 Å². The van der Waals surface area contributed by atoms with E-state index < -0.39 is 24.6 Å². The van der Waals surface area contributed by atoms with E-state index >= 15 is 0 Å². The zero-order valence-electron chi connectivity index (χ0n) is 19.3. The molecular formula is C25H27NO6PSi. The second-order valence-electron chi connectivity index (χ2n) is 8.67. The van der Waals surface area contributed by atoms with Crippen LogP contribution in [0.15, 0.2) is 66.7 Å². The summed E-state index contributed by atoms with van der Waals surface area (Å²) in [4.78, 5) is 24.0. The van der Waals surface area contributed by atoms with E-state index in [-0.39, 0.29) is 24.3 Å². The summed E-state index contributed by atoms with van der Waals surface area (Å²) < 4.78 is 25.3. The van der Waals surface area contributed by atoms with Crippen molar-refractivity contribution in [3.8, 4) is 5.75 Å². The molecule has 0 saturated carbocycles. The molecule has 177 valence electrons. The van der Waals surface area contributed by atoms with Gasteiger partial charge in [-0.2, -0.15) is 0 Å². The Hall–Kier alpha value is -2.93. The minimum atomic E-state index is -3.71. The molecule has 3 rings (SSSR count). The van der Waals surface area contributed by atoms with E-state index in [0.717, 1.165) is 5.39 Å². The highest BCUT2D eigenvalue weighted by Crippen LogP contribution is 2.48. The van der Waals surface area contributed by atoms with Gasteiger partial charge in [0, 0.05) is 0 Å². The van der Waals surface area contributed by atoms with Crippen LogP contribution in [0.1, 0.15) is 36.7 Å². The fourth-order valence-electron chi connectivity index (χ4n) is 3.29. The molecule has 0 aromatic heterocycles. The van der Waals surface area contributed by atoms with Crippen molar-refractivity contribution in [2.24, 2.45) is 5.92 Å². The first-order valence-corrected chi connectivity index (χ1v) is 13.1. The number of fused-ring (bicyclic) bond motifs is 1. The number of esters is 1. The third-order valence-corrected chi connectivity index (χ3v) is 7.50. The Morgan fingerprint density at radius 2 is 1.74 bits per heavy atom. The number of carbonyl (C=O) groups is 2. The number of ether oxygens (including phenoxy) is 1.